The molecule has 1 aliphatic rings. The zero-order valence-electron chi connectivity index (χ0n) is 9.14. The van der Waals surface area contributed by atoms with Gasteiger partial charge >= 0.3 is 5.97 Å². The number of alkyl halides is 2. The van der Waals surface area contributed by atoms with E-state index in [4.69, 9.17) is 5.11 Å². The quantitative estimate of drug-likeness (QED) is 0.862. The van der Waals surface area contributed by atoms with Gasteiger partial charge in [-0.3, -0.25) is 0 Å². The second kappa shape index (κ2) is 4.77. The summed E-state index contributed by atoms with van der Waals surface area (Å²) in [5, 5.41) is 15.5. The summed E-state index contributed by atoms with van der Waals surface area (Å²) in [5.74, 6) is -0.909. The van der Waals surface area contributed by atoms with Crippen LogP contribution in [-0.4, -0.2) is 26.1 Å². The lowest BCUT2D eigenvalue weighted by molar-refractivity contribution is 0.0675. The first-order valence-corrected chi connectivity index (χ1v) is 5.54. The lowest BCUT2D eigenvalue weighted by Gasteiger charge is -2.25. The smallest absolute Gasteiger partial charge is 0.358 e. The summed E-state index contributed by atoms with van der Waals surface area (Å²) in [6.07, 6.45) is 1.30. The summed E-state index contributed by atoms with van der Waals surface area (Å²) >= 11 is 0. The van der Waals surface area contributed by atoms with Gasteiger partial charge in [-0.1, -0.05) is 24.5 Å². The van der Waals surface area contributed by atoms with Crippen molar-refractivity contribution < 1.29 is 18.7 Å². The highest BCUT2D eigenvalue weighted by molar-refractivity contribution is 5.86. The van der Waals surface area contributed by atoms with E-state index in [-0.39, 0.29) is 0 Å². The molecule has 94 valence electrons. The predicted molar refractivity (Wildman–Crippen MR) is 53.9 cm³/mol. The molecule has 0 amide bonds. The Kier molecular flexibility index (Phi) is 3.35. The first kappa shape index (κ1) is 11.9. The van der Waals surface area contributed by atoms with Crippen LogP contribution in [0.4, 0.5) is 8.78 Å². The van der Waals surface area contributed by atoms with Crippen molar-refractivity contribution in [2.75, 3.05) is 0 Å². The van der Waals surface area contributed by atoms with Gasteiger partial charge in [-0.15, -0.1) is 5.10 Å². The molecular weight excluding hydrogens is 232 g/mol. The second-order valence-electron chi connectivity index (χ2n) is 4.24. The van der Waals surface area contributed by atoms with Crippen LogP contribution in [0.3, 0.4) is 0 Å². The third kappa shape index (κ3) is 2.42. The van der Waals surface area contributed by atoms with Gasteiger partial charge in [-0.2, -0.15) is 0 Å². The van der Waals surface area contributed by atoms with E-state index in [0.29, 0.717) is 12.5 Å². The molecule has 17 heavy (non-hydrogen) atoms. The molecule has 1 aliphatic carbocycles. The van der Waals surface area contributed by atoms with E-state index in [0.717, 1.165) is 23.9 Å². The Morgan fingerprint density at radius 3 is 2.71 bits per heavy atom. The highest BCUT2D eigenvalue weighted by Crippen LogP contribution is 2.30. The van der Waals surface area contributed by atoms with Gasteiger partial charge in [0, 0.05) is 6.54 Å². The van der Waals surface area contributed by atoms with Crippen molar-refractivity contribution in [2.24, 2.45) is 5.92 Å². The van der Waals surface area contributed by atoms with Gasteiger partial charge in [0.2, 0.25) is 0 Å². The lowest BCUT2D eigenvalue weighted by Crippen LogP contribution is -2.16. The van der Waals surface area contributed by atoms with Crippen LogP contribution in [0.5, 0.6) is 0 Å². The van der Waals surface area contributed by atoms with E-state index in [2.05, 4.69) is 10.3 Å². The summed E-state index contributed by atoms with van der Waals surface area (Å²) in [5.41, 5.74) is -1.23. The number of aromatic carboxylic acids is 1. The van der Waals surface area contributed by atoms with E-state index in [1.165, 1.54) is 6.42 Å². The maximum atomic E-state index is 12.7. The van der Waals surface area contributed by atoms with Crippen LogP contribution in [-0.2, 0) is 6.54 Å². The first-order chi connectivity index (χ1) is 8.09. The Bertz CT molecular complexity index is 416. The molecule has 0 radical (unpaired) electrons. The van der Waals surface area contributed by atoms with E-state index in [1.807, 2.05) is 0 Å². The Hall–Kier alpha value is -1.53. The third-order valence-electron chi connectivity index (χ3n) is 3.16. The minimum absolute atomic E-state index is 0.310. The average Bonchev–Trinajstić information content (AvgIpc) is 2.59. The number of hydrogen-bond acceptors (Lipinski definition) is 3. The Balaban J connectivity index is 2.11. The normalized spacial score (nSPS) is 16.2. The Morgan fingerprint density at radius 1 is 1.53 bits per heavy atom. The van der Waals surface area contributed by atoms with Crippen LogP contribution in [0.1, 0.15) is 48.3 Å². The Morgan fingerprint density at radius 2 is 2.24 bits per heavy atom. The van der Waals surface area contributed by atoms with Crippen molar-refractivity contribution in [2.45, 2.75) is 38.7 Å². The molecule has 7 heteroatoms. The van der Waals surface area contributed by atoms with Gasteiger partial charge in [0.1, 0.15) is 5.69 Å². The molecule has 0 aliphatic heterocycles. The van der Waals surface area contributed by atoms with Crippen LogP contribution in [0.2, 0.25) is 0 Å². The average molecular weight is 245 g/mol. The van der Waals surface area contributed by atoms with E-state index >= 15 is 0 Å². The zero-order valence-corrected chi connectivity index (χ0v) is 9.14. The molecule has 1 aromatic rings. The largest absolute Gasteiger partial charge is 0.476 e. The standard InChI is InChI=1S/C10H13F2N3O2/c11-9(12)8-7(10(16)17)13-14-15(8)5-4-6-2-1-3-6/h6,9H,1-5H2,(H,16,17). The number of carbonyl (C=O) groups is 1. The fourth-order valence-corrected chi connectivity index (χ4v) is 1.94. The fourth-order valence-electron chi connectivity index (χ4n) is 1.94. The number of hydrogen-bond donors (Lipinski definition) is 1. The van der Waals surface area contributed by atoms with Gasteiger partial charge in [-0.05, 0) is 12.3 Å². The topological polar surface area (TPSA) is 68.0 Å². The maximum Gasteiger partial charge on any atom is 0.358 e. The minimum atomic E-state index is -2.86. The molecule has 1 fully saturated rings. The highest BCUT2D eigenvalue weighted by Gasteiger charge is 2.27. The molecule has 0 atom stereocenters. The van der Waals surface area contributed by atoms with Gasteiger partial charge in [-0.25, -0.2) is 18.3 Å². The predicted octanol–water partition coefficient (Wildman–Crippen LogP) is 2.10. The molecule has 1 heterocycles. The number of carboxylic acids is 1. The summed E-state index contributed by atoms with van der Waals surface area (Å²) in [6, 6.07) is 0. The van der Waals surface area contributed by atoms with Crippen molar-refractivity contribution in [3.63, 3.8) is 0 Å². The van der Waals surface area contributed by atoms with E-state index in [9.17, 15) is 13.6 Å². The molecule has 0 bridgehead atoms. The number of aryl methyl sites for hydroxylation is 1. The molecule has 2 rings (SSSR count). The molecular formula is C10H13F2N3O2. The monoisotopic (exact) mass is 245 g/mol. The van der Waals surface area contributed by atoms with Gasteiger partial charge in [0.05, 0.1) is 0 Å². The summed E-state index contributed by atoms with van der Waals surface area (Å²) < 4.78 is 26.5. The molecule has 1 saturated carbocycles. The molecule has 5 nitrogen and oxygen atoms in total. The molecule has 1 N–H and O–H groups in total. The lowest BCUT2D eigenvalue weighted by atomic mass is 9.83. The molecule has 0 unspecified atom stereocenters. The molecule has 0 aromatic carbocycles. The van der Waals surface area contributed by atoms with Gasteiger partial charge < -0.3 is 5.11 Å². The fraction of sp³-hybridized carbons (Fsp3) is 0.700. The second-order valence-corrected chi connectivity index (χ2v) is 4.24. The minimum Gasteiger partial charge on any atom is -0.476 e. The van der Waals surface area contributed by atoms with Crippen LogP contribution < -0.4 is 0 Å². The third-order valence-corrected chi connectivity index (χ3v) is 3.16. The molecule has 1 aromatic heterocycles. The molecule has 0 spiro atoms. The van der Waals surface area contributed by atoms with Crippen LogP contribution in [0.25, 0.3) is 0 Å². The SMILES string of the molecule is O=C(O)c1nnn(CCC2CCC2)c1C(F)F. The number of carboxylic acid groups (broad SMARTS) is 1. The zero-order chi connectivity index (χ0) is 12.4. The van der Waals surface area contributed by atoms with Crippen molar-refractivity contribution >= 4 is 5.97 Å². The van der Waals surface area contributed by atoms with Gasteiger partial charge in [0.25, 0.3) is 6.43 Å². The number of nitrogens with zero attached hydrogens (tertiary/aromatic N) is 3. The van der Waals surface area contributed by atoms with Crippen molar-refractivity contribution in [1.82, 2.24) is 15.0 Å². The first-order valence-electron chi connectivity index (χ1n) is 5.54. The van der Waals surface area contributed by atoms with Crippen LogP contribution in [0.15, 0.2) is 0 Å². The van der Waals surface area contributed by atoms with Gasteiger partial charge in [0.15, 0.2) is 5.69 Å². The van der Waals surface area contributed by atoms with Crippen molar-refractivity contribution in [3.05, 3.63) is 11.4 Å². The summed E-state index contributed by atoms with van der Waals surface area (Å²) in [7, 11) is 0. The van der Waals surface area contributed by atoms with Crippen molar-refractivity contribution in [1.29, 1.82) is 0 Å². The maximum absolute atomic E-state index is 12.7. The van der Waals surface area contributed by atoms with Crippen LogP contribution >= 0.6 is 0 Å². The number of halogens is 2. The molecule has 0 saturated heterocycles. The number of rotatable bonds is 5. The highest BCUT2D eigenvalue weighted by atomic mass is 19.3. The van der Waals surface area contributed by atoms with E-state index < -0.39 is 23.8 Å². The number of aromatic nitrogens is 3. The summed E-state index contributed by atoms with van der Waals surface area (Å²) in [4.78, 5) is 10.7. The van der Waals surface area contributed by atoms with Crippen molar-refractivity contribution in [3.8, 4) is 0 Å². The van der Waals surface area contributed by atoms with Crippen LogP contribution in [0, 0.1) is 5.92 Å². The Labute approximate surface area is 96.4 Å². The summed E-state index contributed by atoms with van der Waals surface area (Å²) in [6.45, 7) is 0.310. The van der Waals surface area contributed by atoms with E-state index in [1.54, 1.807) is 0 Å².